The highest BCUT2D eigenvalue weighted by Crippen LogP contribution is 2.05. The molecule has 0 fully saturated rings. The molecule has 0 saturated carbocycles. The van der Waals surface area contributed by atoms with E-state index in [1.165, 1.54) is 5.56 Å². The Morgan fingerprint density at radius 3 is 2.73 bits per heavy atom. The van der Waals surface area contributed by atoms with Crippen molar-refractivity contribution in [3.8, 4) is 0 Å². The molecule has 0 aliphatic rings. The largest absolute Gasteiger partial charge is 0.469 e. The van der Waals surface area contributed by atoms with Crippen LogP contribution in [-0.4, -0.2) is 6.04 Å². The minimum Gasteiger partial charge on any atom is -0.469 e. The van der Waals surface area contributed by atoms with Crippen LogP contribution in [0.25, 0.3) is 0 Å². The van der Waals surface area contributed by atoms with Crippen molar-refractivity contribution in [3.05, 3.63) is 23.7 Å². The molecule has 0 aromatic carbocycles. The summed E-state index contributed by atoms with van der Waals surface area (Å²) < 4.78 is 5.16. The Bertz CT molecular complexity index is 215. The van der Waals surface area contributed by atoms with E-state index in [9.17, 15) is 0 Å². The van der Waals surface area contributed by atoms with E-state index in [-0.39, 0.29) is 0 Å². The standard InChI is InChI=1S/C9H15NO/c1-7(2)10-5-9-4-8(3)11-6-9/h4,6-7,10H,5H2,1-3H3. The Morgan fingerprint density at radius 1 is 1.55 bits per heavy atom. The lowest BCUT2D eigenvalue weighted by atomic mass is 10.3. The Hall–Kier alpha value is -0.760. The van der Waals surface area contributed by atoms with Crippen LogP contribution in [0.1, 0.15) is 25.2 Å². The van der Waals surface area contributed by atoms with Gasteiger partial charge < -0.3 is 9.73 Å². The third kappa shape index (κ3) is 2.76. The highest BCUT2D eigenvalue weighted by atomic mass is 16.3. The third-order valence-corrected chi connectivity index (χ3v) is 1.50. The quantitative estimate of drug-likeness (QED) is 0.719. The Morgan fingerprint density at radius 2 is 2.27 bits per heavy atom. The molecule has 0 aliphatic heterocycles. The fourth-order valence-corrected chi connectivity index (χ4v) is 0.912. The van der Waals surface area contributed by atoms with Crippen LogP contribution >= 0.6 is 0 Å². The van der Waals surface area contributed by atoms with Gasteiger partial charge in [-0.3, -0.25) is 0 Å². The molecule has 0 amide bonds. The summed E-state index contributed by atoms with van der Waals surface area (Å²) in [5.74, 6) is 0.977. The van der Waals surface area contributed by atoms with Crippen molar-refractivity contribution in [1.82, 2.24) is 5.32 Å². The van der Waals surface area contributed by atoms with Crippen molar-refractivity contribution >= 4 is 0 Å². The summed E-state index contributed by atoms with van der Waals surface area (Å²) in [6.45, 7) is 7.12. The normalized spacial score (nSPS) is 10.9. The minimum absolute atomic E-state index is 0.533. The van der Waals surface area contributed by atoms with Crippen molar-refractivity contribution in [2.24, 2.45) is 0 Å². The molecule has 1 heterocycles. The van der Waals surface area contributed by atoms with E-state index in [4.69, 9.17) is 4.42 Å². The molecule has 1 rings (SSSR count). The lowest BCUT2D eigenvalue weighted by Crippen LogP contribution is -2.21. The molecule has 0 atom stereocenters. The fourth-order valence-electron chi connectivity index (χ4n) is 0.912. The molecule has 0 saturated heterocycles. The van der Waals surface area contributed by atoms with Gasteiger partial charge in [0.1, 0.15) is 5.76 Å². The van der Waals surface area contributed by atoms with Crippen LogP contribution in [0, 0.1) is 6.92 Å². The van der Waals surface area contributed by atoms with Gasteiger partial charge >= 0.3 is 0 Å². The molecule has 11 heavy (non-hydrogen) atoms. The minimum atomic E-state index is 0.533. The average molecular weight is 153 g/mol. The Labute approximate surface area is 67.6 Å². The van der Waals surface area contributed by atoms with E-state index in [2.05, 4.69) is 25.2 Å². The number of aryl methyl sites for hydroxylation is 1. The second kappa shape index (κ2) is 3.58. The van der Waals surface area contributed by atoms with E-state index in [1.54, 1.807) is 6.26 Å². The SMILES string of the molecule is Cc1cc(CNC(C)C)co1. The van der Waals surface area contributed by atoms with E-state index in [1.807, 2.05) is 6.92 Å². The lowest BCUT2D eigenvalue weighted by Gasteiger charge is -2.04. The van der Waals surface area contributed by atoms with Crippen molar-refractivity contribution < 1.29 is 4.42 Å². The van der Waals surface area contributed by atoms with Crippen LogP contribution in [0.5, 0.6) is 0 Å². The Balaban J connectivity index is 2.39. The van der Waals surface area contributed by atoms with Gasteiger partial charge in [-0.2, -0.15) is 0 Å². The van der Waals surface area contributed by atoms with Gasteiger partial charge in [-0.05, 0) is 13.0 Å². The van der Waals surface area contributed by atoms with E-state index in [0.717, 1.165) is 12.3 Å². The van der Waals surface area contributed by atoms with Crippen molar-refractivity contribution in [1.29, 1.82) is 0 Å². The highest BCUT2D eigenvalue weighted by Gasteiger charge is 1.97. The first kappa shape index (κ1) is 8.34. The summed E-state index contributed by atoms with van der Waals surface area (Å²) in [4.78, 5) is 0. The molecule has 0 aliphatic carbocycles. The van der Waals surface area contributed by atoms with E-state index >= 15 is 0 Å². The third-order valence-electron chi connectivity index (χ3n) is 1.50. The molecule has 0 radical (unpaired) electrons. The van der Waals surface area contributed by atoms with Crippen molar-refractivity contribution in [2.45, 2.75) is 33.4 Å². The molecule has 1 aromatic rings. The zero-order chi connectivity index (χ0) is 8.27. The molecule has 2 nitrogen and oxygen atoms in total. The monoisotopic (exact) mass is 153 g/mol. The highest BCUT2D eigenvalue weighted by molar-refractivity contribution is 5.11. The second-order valence-electron chi connectivity index (χ2n) is 3.10. The molecular formula is C9H15NO. The first-order valence-electron chi connectivity index (χ1n) is 3.96. The zero-order valence-electron chi connectivity index (χ0n) is 7.35. The number of hydrogen-bond acceptors (Lipinski definition) is 2. The first-order valence-corrected chi connectivity index (χ1v) is 3.96. The first-order chi connectivity index (χ1) is 5.18. The molecule has 1 N–H and O–H groups in total. The molecule has 62 valence electrons. The maximum atomic E-state index is 5.16. The topological polar surface area (TPSA) is 25.2 Å². The van der Waals surface area contributed by atoms with E-state index in [0.29, 0.717) is 6.04 Å². The van der Waals surface area contributed by atoms with Gasteiger partial charge in [0.15, 0.2) is 0 Å². The molecule has 0 bridgehead atoms. The van der Waals surface area contributed by atoms with Crippen LogP contribution < -0.4 is 5.32 Å². The number of nitrogens with one attached hydrogen (secondary N) is 1. The number of rotatable bonds is 3. The molecule has 2 heteroatoms. The molecule has 0 spiro atoms. The van der Waals surface area contributed by atoms with Crippen LogP contribution in [0.2, 0.25) is 0 Å². The predicted octanol–water partition coefficient (Wildman–Crippen LogP) is 2.09. The number of furan rings is 1. The summed E-state index contributed by atoms with van der Waals surface area (Å²) in [6, 6.07) is 2.58. The van der Waals surface area contributed by atoms with Crippen LogP contribution in [0.3, 0.4) is 0 Å². The smallest absolute Gasteiger partial charge is 0.101 e. The average Bonchev–Trinajstić information content (AvgIpc) is 2.31. The summed E-state index contributed by atoms with van der Waals surface area (Å²) in [5.41, 5.74) is 1.22. The summed E-state index contributed by atoms with van der Waals surface area (Å²) in [7, 11) is 0. The lowest BCUT2D eigenvalue weighted by molar-refractivity contribution is 0.526. The Kier molecular flexibility index (Phi) is 2.71. The van der Waals surface area contributed by atoms with Crippen LogP contribution in [-0.2, 0) is 6.54 Å². The van der Waals surface area contributed by atoms with Gasteiger partial charge in [0.05, 0.1) is 6.26 Å². The maximum Gasteiger partial charge on any atom is 0.101 e. The molecule has 0 unspecified atom stereocenters. The molecular weight excluding hydrogens is 138 g/mol. The summed E-state index contributed by atoms with van der Waals surface area (Å²) in [5, 5.41) is 3.32. The van der Waals surface area contributed by atoms with E-state index < -0.39 is 0 Å². The summed E-state index contributed by atoms with van der Waals surface area (Å²) >= 11 is 0. The van der Waals surface area contributed by atoms with Gasteiger partial charge in [0.2, 0.25) is 0 Å². The second-order valence-corrected chi connectivity index (χ2v) is 3.10. The maximum absolute atomic E-state index is 5.16. The van der Waals surface area contributed by atoms with Crippen molar-refractivity contribution in [3.63, 3.8) is 0 Å². The van der Waals surface area contributed by atoms with Gasteiger partial charge in [-0.1, -0.05) is 13.8 Å². The summed E-state index contributed by atoms with van der Waals surface area (Å²) in [6.07, 6.45) is 1.80. The molecule has 1 aromatic heterocycles. The van der Waals surface area contributed by atoms with Gasteiger partial charge in [0.25, 0.3) is 0 Å². The van der Waals surface area contributed by atoms with Gasteiger partial charge in [-0.15, -0.1) is 0 Å². The van der Waals surface area contributed by atoms with Crippen molar-refractivity contribution in [2.75, 3.05) is 0 Å². The zero-order valence-corrected chi connectivity index (χ0v) is 7.35. The fraction of sp³-hybridized carbons (Fsp3) is 0.556. The van der Waals surface area contributed by atoms with Crippen LogP contribution in [0.15, 0.2) is 16.7 Å². The van der Waals surface area contributed by atoms with Gasteiger partial charge in [0, 0.05) is 18.2 Å². The van der Waals surface area contributed by atoms with Gasteiger partial charge in [-0.25, -0.2) is 0 Å². The predicted molar refractivity (Wildman–Crippen MR) is 45.4 cm³/mol. The van der Waals surface area contributed by atoms with Crippen LogP contribution in [0.4, 0.5) is 0 Å². The number of hydrogen-bond donors (Lipinski definition) is 1.